The van der Waals surface area contributed by atoms with Crippen molar-refractivity contribution in [2.45, 2.75) is 59.0 Å². The third-order valence-electron chi connectivity index (χ3n) is 5.24. The van der Waals surface area contributed by atoms with Crippen molar-refractivity contribution in [3.8, 4) is 0 Å². The Bertz CT molecular complexity index is 279. The molecule has 0 heterocycles. The van der Waals surface area contributed by atoms with Crippen LogP contribution in [0.5, 0.6) is 0 Å². The molecule has 1 heteroatoms. The van der Waals surface area contributed by atoms with E-state index in [1.165, 1.54) is 24.8 Å². The monoisotopic (exact) mass is 208 g/mol. The van der Waals surface area contributed by atoms with Crippen molar-refractivity contribution < 1.29 is 5.11 Å². The first kappa shape index (κ1) is 11.2. The molecule has 2 rings (SSSR count). The Hall–Kier alpha value is -0.300. The summed E-state index contributed by atoms with van der Waals surface area (Å²) in [4.78, 5) is 0. The van der Waals surface area contributed by atoms with Crippen molar-refractivity contribution in [3.05, 3.63) is 12.2 Å². The first-order valence-corrected chi connectivity index (χ1v) is 6.25. The minimum absolute atomic E-state index is 0.0658. The van der Waals surface area contributed by atoms with Gasteiger partial charge < -0.3 is 5.11 Å². The molecule has 0 aliphatic heterocycles. The molecule has 1 N–H and O–H groups in total. The Morgan fingerprint density at radius 1 is 1.27 bits per heavy atom. The van der Waals surface area contributed by atoms with Gasteiger partial charge in [-0.3, -0.25) is 0 Å². The molecule has 1 nitrogen and oxygen atoms in total. The molecule has 2 aliphatic carbocycles. The van der Waals surface area contributed by atoms with Gasteiger partial charge in [0, 0.05) is 0 Å². The quantitative estimate of drug-likeness (QED) is 0.604. The number of fused-ring (bicyclic) bond motifs is 1. The molecule has 0 aromatic heterocycles. The van der Waals surface area contributed by atoms with Gasteiger partial charge in [-0.1, -0.05) is 32.9 Å². The SMILES string of the molecule is C=C1CCC[C@H]2C(C)(C)[C@@H](O)CC[C@]12C. The topological polar surface area (TPSA) is 20.2 Å². The molecular weight excluding hydrogens is 184 g/mol. The van der Waals surface area contributed by atoms with Gasteiger partial charge in [-0.15, -0.1) is 0 Å². The summed E-state index contributed by atoms with van der Waals surface area (Å²) in [5.74, 6) is 0.620. The minimum Gasteiger partial charge on any atom is -0.393 e. The second-order valence-corrected chi connectivity index (χ2v) is 6.34. The molecule has 3 atom stereocenters. The number of hydrogen-bond donors (Lipinski definition) is 1. The lowest BCUT2D eigenvalue weighted by atomic mass is 9.49. The molecule has 0 aromatic rings. The normalized spacial score (nSPS) is 44.9. The summed E-state index contributed by atoms with van der Waals surface area (Å²) in [6, 6.07) is 0. The summed E-state index contributed by atoms with van der Waals surface area (Å²) in [7, 11) is 0. The zero-order valence-electron chi connectivity index (χ0n) is 10.3. The Morgan fingerprint density at radius 3 is 2.60 bits per heavy atom. The highest BCUT2D eigenvalue weighted by Gasteiger charge is 2.52. The van der Waals surface area contributed by atoms with E-state index in [1.807, 2.05) is 0 Å². The van der Waals surface area contributed by atoms with Crippen LogP contribution in [-0.2, 0) is 0 Å². The predicted molar refractivity (Wildman–Crippen MR) is 63.6 cm³/mol. The van der Waals surface area contributed by atoms with Crippen molar-refractivity contribution in [2.75, 3.05) is 0 Å². The van der Waals surface area contributed by atoms with Crippen LogP contribution >= 0.6 is 0 Å². The molecule has 0 amide bonds. The maximum absolute atomic E-state index is 10.1. The number of aliphatic hydroxyl groups excluding tert-OH is 1. The number of aliphatic hydroxyl groups is 1. The molecule has 86 valence electrons. The first-order chi connectivity index (χ1) is 6.89. The van der Waals surface area contributed by atoms with E-state index in [-0.39, 0.29) is 11.5 Å². The maximum Gasteiger partial charge on any atom is 0.0594 e. The van der Waals surface area contributed by atoms with Crippen LogP contribution in [0.25, 0.3) is 0 Å². The average Bonchev–Trinajstić information content (AvgIpc) is 2.16. The first-order valence-electron chi connectivity index (χ1n) is 6.25. The molecule has 2 aliphatic rings. The summed E-state index contributed by atoms with van der Waals surface area (Å²) < 4.78 is 0. The maximum atomic E-state index is 10.1. The number of allylic oxidation sites excluding steroid dienone is 1. The smallest absolute Gasteiger partial charge is 0.0594 e. The standard InChI is InChI=1S/C14H24O/c1-10-6-5-7-11-13(2,3)12(15)8-9-14(10,11)4/h11-12,15H,1,5-9H2,2-4H3/t11-,12-,14+/m0/s1. The van der Waals surface area contributed by atoms with E-state index in [9.17, 15) is 5.11 Å². The lowest BCUT2D eigenvalue weighted by Gasteiger charge is -2.56. The Morgan fingerprint density at radius 2 is 1.93 bits per heavy atom. The Balaban J connectivity index is 2.35. The molecule has 0 saturated heterocycles. The van der Waals surface area contributed by atoms with Gasteiger partial charge >= 0.3 is 0 Å². The van der Waals surface area contributed by atoms with Crippen LogP contribution in [0.4, 0.5) is 0 Å². The van der Waals surface area contributed by atoms with Gasteiger partial charge in [0.15, 0.2) is 0 Å². The second kappa shape index (κ2) is 3.35. The summed E-state index contributed by atoms with van der Waals surface area (Å²) in [5, 5.41) is 10.1. The largest absolute Gasteiger partial charge is 0.393 e. The Labute approximate surface area is 93.6 Å². The van der Waals surface area contributed by atoms with Crippen LogP contribution in [0.15, 0.2) is 12.2 Å². The molecule has 0 unspecified atom stereocenters. The van der Waals surface area contributed by atoms with Crippen molar-refractivity contribution >= 4 is 0 Å². The van der Waals surface area contributed by atoms with Crippen LogP contribution in [0.1, 0.15) is 52.9 Å². The van der Waals surface area contributed by atoms with Gasteiger partial charge in [-0.25, -0.2) is 0 Å². The van der Waals surface area contributed by atoms with Crippen LogP contribution in [0, 0.1) is 16.7 Å². The fourth-order valence-corrected chi connectivity index (χ4v) is 3.95. The van der Waals surface area contributed by atoms with Crippen molar-refractivity contribution in [1.29, 1.82) is 0 Å². The highest BCUT2D eigenvalue weighted by molar-refractivity contribution is 5.18. The lowest BCUT2D eigenvalue weighted by molar-refractivity contribution is -0.0924. The molecule has 0 bridgehead atoms. The highest BCUT2D eigenvalue weighted by atomic mass is 16.3. The highest BCUT2D eigenvalue weighted by Crippen LogP contribution is 2.59. The summed E-state index contributed by atoms with van der Waals surface area (Å²) in [6.45, 7) is 11.1. The number of rotatable bonds is 0. The molecule has 0 radical (unpaired) electrons. The third-order valence-corrected chi connectivity index (χ3v) is 5.24. The zero-order chi connectivity index (χ0) is 11.3. The van der Waals surface area contributed by atoms with E-state index in [0.29, 0.717) is 11.3 Å². The van der Waals surface area contributed by atoms with Gasteiger partial charge in [0.25, 0.3) is 0 Å². The fraction of sp³-hybridized carbons (Fsp3) is 0.857. The van der Waals surface area contributed by atoms with E-state index in [1.54, 1.807) is 0 Å². The van der Waals surface area contributed by atoms with E-state index in [0.717, 1.165) is 12.8 Å². The predicted octanol–water partition coefficient (Wildman–Crippen LogP) is 3.53. The van der Waals surface area contributed by atoms with Crippen LogP contribution in [-0.4, -0.2) is 11.2 Å². The van der Waals surface area contributed by atoms with Gasteiger partial charge in [-0.05, 0) is 48.9 Å². The van der Waals surface area contributed by atoms with Crippen molar-refractivity contribution in [1.82, 2.24) is 0 Å². The third kappa shape index (κ3) is 1.47. The molecule has 0 aromatic carbocycles. The van der Waals surface area contributed by atoms with Crippen LogP contribution in [0.3, 0.4) is 0 Å². The van der Waals surface area contributed by atoms with Gasteiger partial charge in [-0.2, -0.15) is 0 Å². The summed E-state index contributed by atoms with van der Waals surface area (Å²) >= 11 is 0. The zero-order valence-corrected chi connectivity index (χ0v) is 10.3. The van der Waals surface area contributed by atoms with E-state index >= 15 is 0 Å². The van der Waals surface area contributed by atoms with Gasteiger partial charge in [0.1, 0.15) is 0 Å². The summed E-state index contributed by atoms with van der Waals surface area (Å²) in [5.41, 5.74) is 1.79. The van der Waals surface area contributed by atoms with Crippen molar-refractivity contribution in [2.24, 2.45) is 16.7 Å². The van der Waals surface area contributed by atoms with Crippen LogP contribution < -0.4 is 0 Å². The Kier molecular flexibility index (Phi) is 2.50. The molecule has 2 saturated carbocycles. The fourth-order valence-electron chi connectivity index (χ4n) is 3.95. The van der Waals surface area contributed by atoms with Crippen molar-refractivity contribution in [3.63, 3.8) is 0 Å². The van der Waals surface area contributed by atoms with E-state index in [4.69, 9.17) is 0 Å². The average molecular weight is 208 g/mol. The molecule has 15 heavy (non-hydrogen) atoms. The minimum atomic E-state index is -0.124. The number of hydrogen-bond acceptors (Lipinski definition) is 1. The van der Waals surface area contributed by atoms with E-state index < -0.39 is 0 Å². The summed E-state index contributed by atoms with van der Waals surface area (Å²) in [6.07, 6.45) is 5.66. The van der Waals surface area contributed by atoms with E-state index in [2.05, 4.69) is 27.4 Å². The molecule has 0 spiro atoms. The van der Waals surface area contributed by atoms with Crippen LogP contribution in [0.2, 0.25) is 0 Å². The lowest BCUT2D eigenvalue weighted by Crippen LogP contribution is -2.51. The molecule has 2 fully saturated rings. The van der Waals surface area contributed by atoms with Gasteiger partial charge in [0.05, 0.1) is 6.10 Å². The molecular formula is C14H24O. The second-order valence-electron chi connectivity index (χ2n) is 6.34. The van der Waals surface area contributed by atoms with Gasteiger partial charge in [0.2, 0.25) is 0 Å².